The maximum absolute atomic E-state index is 12.3. The largest absolute Gasteiger partial charge is 0.465 e. The van der Waals surface area contributed by atoms with Gasteiger partial charge < -0.3 is 15.0 Å². The molecule has 0 aliphatic heterocycles. The van der Waals surface area contributed by atoms with Gasteiger partial charge in [0.1, 0.15) is 0 Å². The number of aromatic nitrogens is 1. The SMILES string of the molecule is COC(=O)c1c(CC(=O)NCc2ccccc2C)[nH]c(C(C)=O)c1C. The Morgan fingerprint density at radius 1 is 1.16 bits per heavy atom. The molecule has 1 aromatic carbocycles. The van der Waals surface area contributed by atoms with Crippen LogP contribution in [-0.2, 0) is 22.5 Å². The Morgan fingerprint density at radius 3 is 2.44 bits per heavy atom. The number of amides is 1. The van der Waals surface area contributed by atoms with E-state index in [9.17, 15) is 14.4 Å². The Labute approximate surface area is 146 Å². The maximum atomic E-state index is 12.3. The van der Waals surface area contributed by atoms with Gasteiger partial charge in [0.25, 0.3) is 0 Å². The number of aromatic amines is 1. The van der Waals surface area contributed by atoms with Crippen molar-refractivity contribution in [2.45, 2.75) is 33.7 Å². The van der Waals surface area contributed by atoms with Gasteiger partial charge in [0, 0.05) is 19.2 Å². The van der Waals surface area contributed by atoms with Crippen molar-refractivity contribution in [3.8, 4) is 0 Å². The standard InChI is InChI=1S/C19H22N2O4/c1-11-7-5-6-8-14(11)10-20-16(23)9-15-17(19(24)25-4)12(2)18(21-15)13(3)22/h5-8,21H,9-10H2,1-4H3,(H,20,23). The number of esters is 1. The zero-order chi connectivity index (χ0) is 18.6. The topological polar surface area (TPSA) is 88.3 Å². The summed E-state index contributed by atoms with van der Waals surface area (Å²) in [6.45, 7) is 5.44. The molecule has 2 N–H and O–H groups in total. The minimum atomic E-state index is -0.567. The third-order valence-electron chi connectivity index (χ3n) is 4.14. The van der Waals surface area contributed by atoms with Gasteiger partial charge in [-0.25, -0.2) is 4.79 Å². The van der Waals surface area contributed by atoms with E-state index in [2.05, 4.69) is 10.3 Å². The first-order valence-corrected chi connectivity index (χ1v) is 7.97. The summed E-state index contributed by atoms with van der Waals surface area (Å²) in [6.07, 6.45) is -0.0373. The number of hydrogen-bond donors (Lipinski definition) is 2. The lowest BCUT2D eigenvalue weighted by atomic mass is 10.1. The molecule has 1 aromatic heterocycles. The van der Waals surface area contributed by atoms with Gasteiger partial charge in [-0.3, -0.25) is 9.59 Å². The Balaban J connectivity index is 2.17. The van der Waals surface area contributed by atoms with Crippen molar-refractivity contribution in [1.29, 1.82) is 0 Å². The molecule has 6 nitrogen and oxygen atoms in total. The van der Waals surface area contributed by atoms with Crippen molar-refractivity contribution < 1.29 is 19.1 Å². The number of H-pyrrole nitrogens is 1. The third kappa shape index (κ3) is 4.15. The molecule has 0 saturated carbocycles. The average molecular weight is 342 g/mol. The maximum Gasteiger partial charge on any atom is 0.339 e. The fraction of sp³-hybridized carbons (Fsp3) is 0.316. The summed E-state index contributed by atoms with van der Waals surface area (Å²) in [5.41, 5.74) is 3.57. The number of ether oxygens (including phenoxy) is 1. The predicted molar refractivity (Wildman–Crippen MR) is 93.6 cm³/mol. The van der Waals surface area contributed by atoms with Crippen LogP contribution in [0.5, 0.6) is 0 Å². The van der Waals surface area contributed by atoms with Crippen molar-refractivity contribution in [1.82, 2.24) is 10.3 Å². The van der Waals surface area contributed by atoms with Crippen LogP contribution in [0, 0.1) is 13.8 Å². The van der Waals surface area contributed by atoms with E-state index in [1.54, 1.807) is 6.92 Å². The smallest absolute Gasteiger partial charge is 0.339 e. The van der Waals surface area contributed by atoms with Gasteiger partial charge in [-0.1, -0.05) is 24.3 Å². The van der Waals surface area contributed by atoms with Gasteiger partial charge in [-0.15, -0.1) is 0 Å². The highest BCUT2D eigenvalue weighted by molar-refractivity contribution is 6.01. The van der Waals surface area contributed by atoms with E-state index in [1.807, 2.05) is 31.2 Å². The molecule has 0 atom stereocenters. The second kappa shape index (κ2) is 7.79. The highest BCUT2D eigenvalue weighted by Gasteiger charge is 2.24. The first-order chi connectivity index (χ1) is 11.8. The lowest BCUT2D eigenvalue weighted by Gasteiger charge is -2.08. The second-order valence-electron chi connectivity index (χ2n) is 5.91. The zero-order valence-corrected chi connectivity index (χ0v) is 14.9. The lowest BCUT2D eigenvalue weighted by molar-refractivity contribution is -0.120. The van der Waals surface area contributed by atoms with Gasteiger partial charge in [-0.2, -0.15) is 0 Å². The Bertz CT molecular complexity index is 821. The van der Waals surface area contributed by atoms with E-state index in [-0.39, 0.29) is 23.7 Å². The van der Waals surface area contributed by atoms with Gasteiger partial charge in [-0.05, 0) is 30.5 Å². The van der Waals surface area contributed by atoms with Gasteiger partial charge in [0.15, 0.2) is 5.78 Å². The van der Waals surface area contributed by atoms with E-state index >= 15 is 0 Å². The molecule has 25 heavy (non-hydrogen) atoms. The number of nitrogens with one attached hydrogen (secondary N) is 2. The van der Waals surface area contributed by atoms with Crippen LogP contribution in [0.25, 0.3) is 0 Å². The van der Waals surface area contributed by atoms with Crippen LogP contribution in [0.4, 0.5) is 0 Å². The van der Waals surface area contributed by atoms with E-state index in [0.29, 0.717) is 23.5 Å². The number of ketones is 1. The minimum absolute atomic E-state index is 0.0373. The van der Waals surface area contributed by atoms with E-state index in [4.69, 9.17) is 4.74 Å². The van der Waals surface area contributed by atoms with Crippen molar-refractivity contribution in [2.75, 3.05) is 7.11 Å². The highest BCUT2D eigenvalue weighted by atomic mass is 16.5. The van der Waals surface area contributed by atoms with Crippen LogP contribution in [0.15, 0.2) is 24.3 Å². The number of methoxy groups -OCH3 is 1. The molecule has 0 fully saturated rings. The number of benzene rings is 1. The molecule has 0 bridgehead atoms. The molecule has 0 saturated heterocycles. The summed E-state index contributed by atoms with van der Waals surface area (Å²) >= 11 is 0. The van der Waals surface area contributed by atoms with E-state index in [1.165, 1.54) is 14.0 Å². The van der Waals surface area contributed by atoms with Crippen LogP contribution < -0.4 is 5.32 Å². The molecule has 0 aliphatic rings. The van der Waals surface area contributed by atoms with E-state index < -0.39 is 5.97 Å². The average Bonchev–Trinajstić information content (AvgIpc) is 2.90. The molecule has 0 spiro atoms. The van der Waals surface area contributed by atoms with Gasteiger partial charge in [0.05, 0.1) is 24.8 Å². The van der Waals surface area contributed by atoms with E-state index in [0.717, 1.165) is 11.1 Å². The molecule has 0 unspecified atom stereocenters. The molecule has 132 valence electrons. The molecule has 0 aliphatic carbocycles. The number of carbonyl (C=O) groups is 3. The van der Waals surface area contributed by atoms with Crippen molar-refractivity contribution in [3.05, 3.63) is 57.9 Å². The van der Waals surface area contributed by atoms with Crippen LogP contribution in [0.1, 0.15) is 50.2 Å². The summed E-state index contributed by atoms with van der Waals surface area (Å²) in [6, 6.07) is 7.78. The fourth-order valence-electron chi connectivity index (χ4n) is 2.75. The number of Topliss-reactive ketones (excluding diaryl/α,β-unsaturated/α-hetero) is 1. The first kappa shape index (κ1) is 18.4. The lowest BCUT2D eigenvalue weighted by Crippen LogP contribution is -2.25. The molecule has 1 amide bonds. The first-order valence-electron chi connectivity index (χ1n) is 7.97. The van der Waals surface area contributed by atoms with Crippen molar-refractivity contribution in [3.63, 3.8) is 0 Å². The second-order valence-corrected chi connectivity index (χ2v) is 5.91. The normalized spacial score (nSPS) is 10.4. The number of aryl methyl sites for hydroxylation is 1. The van der Waals surface area contributed by atoms with Gasteiger partial charge in [0.2, 0.25) is 5.91 Å². The zero-order valence-electron chi connectivity index (χ0n) is 14.9. The molecular weight excluding hydrogens is 320 g/mol. The quantitative estimate of drug-likeness (QED) is 0.623. The van der Waals surface area contributed by atoms with Crippen molar-refractivity contribution in [2.24, 2.45) is 0 Å². The Morgan fingerprint density at radius 2 is 1.84 bits per heavy atom. The molecular formula is C19H22N2O4. The molecule has 2 rings (SSSR count). The number of carbonyl (C=O) groups excluding carboxylic acids is 3. The Hall–Kier alpha value is -2.89. The van der Waals surface area contributed by atoms with Crippen LogP contribution in [-0.4, -0.2) is 29.8 Å². The summed E-state index contributed by atoms with van der Waals surface area (Å²) in [5.74, 6) is -1.01. The Kier molecular flexibility index (Phi) is 5.75. The third-order valence-corrected chi connectivity index (χ3v) is 4.14. The molecule has 0 radical (unpaired) electrons. The minimum Gasteiger partial charge on any atom is -0.465 e. The summed E-state index contributed by atoms with van der Waals surface area (Å²) < 4.78 is 4.78. The number of hydrogen-bond acceptors (Lipinski definition) is 4. The summed E-state index contributed by atoms with van der Waals surface area (Å²) in [7, 11) is 1.27. The van der Waals surface area contributed by atoms with Gasteiger partial charge >= 0.3 is 5.97 Å². The van der Waals surface area contributed by atoms with Crippen LogP contribution >= 0.6 is 0 Å². The van der Waals surface area contributed by atoms with Crippen LogP contribution in [0.3, 0.4) is 0 Å². The molecule has 2 aromatic rings. The summed E-state index contributed by atoms with van der Waals surface area (Å²) in [4.78, 5) is 38.9. The predicted octanol–water partition coefficient (Wildman–Crippen LogP) is 2.48. The fourth-order valence-corrected chi connectivity index (χ4v) is 2.75. The monoisotopic (exact) mass is 342 g/mol. The molecule has 1 heterocycles. The number of rotatable bonds is 6. The highest BCUT2D eigenvalue weighted by Crippen LogP contribution is 2.20. The summed E-state index contributed by atoms with van der Waals surface area (Å²) in [5, 5.41) is 2.83. The van der Waals surface area contributed by atoms with Crippen LogP contribution in [0.2, 0.25) is 0 Å². The molecule has 6 heteroatoms. The van der Waals surface area contributed by atoms with Crippen molar-refractivity contribution >= 4 is 17.7 Å².